The van der Waals surface area contributed by atoms with Crippen molar-refractivity contribution in [2.24, 2.45) is 0 Å². The number of rotatable bonds is 7. The van der Waals surface area contributed by atoms with Crippen LogP contribution in [0.5, 0.6) is 0 Å². The van der Waals surface area contributed by atoms with Crippen LogP contribution in [0.1, 0.15) is 55.5 Å². The molecule has 6 heteroatoms. The maximum Gasteiger partial charge on any atom is 0.232 e. The van der Waals surface area contributed by atoms with Crippen molar-refractivity contribution in [2.45, 2.75) is 38.6 Å². The summed E-state index contributed by atoms with van der Waals surface area (Å²) in [4.78, 5) is 10.9. The second-order valence-electron chi connectivity index (χ2n) is 8.01. The molecule has 0 radical (unpaired) electrons. The minimum Gasteiger partial charge on any atom is -0.419 e. The van der Waals surface area contributed by atoms with E-state index in [2.05, 4.69) is 64.4 Å². The molecule has 6 nitrogen and oxygen atoms in total. The van der Waals surface area contributed by atoms with Gasteiger partial charge in [0.05, 0.1) is 11.6 Å². The van der Waals surface area contributed by atoms with Crippen LogP contribution in [-0.4, -0.2) is 34.5 Å². The maximum absolute atomic E-state index is 9.52. The zero-order chi connectivity index (χ0) is 20.9. The van der Waals surface area contributed by atoms with Gasteiger partial charge in [-0.1, -0.05) is 38.1 Å². The van der Waals surface area contributed by atoms with E-state index in [-0.39, 0.29) is 11.7 Å². The van der Waals surface area contributed by atoms with Gasteiger partial charge in [-0.15, -0.1) is 0 Å². The number of hydrogen-bond donors (Lipinski definition) is 1. The third-order valence-corrected chi connectivity index (χ3v) is 5.67. The summed E-state index contributed by atoms with van der Waals surface area (Å²) in [6, 6.07) is 14.9. The number of nitriles is 1. The Morgan fingerprint density at radius 1 is 1.13 bits per heavy atom. The van der Waals surface area contributed by atoms with Gasteiger partial charge in [0, 0.05) is 18.9 Å². The van der Waals surface area contributed by atoms with E-state index in [1.54, 1.807) is 12.4 Å². The SMILES string of the molecule is CC(C)c1ccc([C@@H](CNc2oc(-c3cccnc3)nc2C#N)N2CCCC2)cc1. The maximum atomic E-state index is 9.52. The van der Waals surface area contributed by atoms with Gasteiger partial charge in [0.1, 0.15) is 6.07 Å². The number of likely N-dealkylation sites (tertiary alicyclic amines) is 1. The fourth-order valence-electron chi connectivity index (χ4n) is 3.93. The Morgan fingerprint density at radius 2 is 1.87 bits per heavy atom. The molecule has 1 aliphatic rings. The van der Waals surface area contributed by atoms with Crippen LogP contribution in [0.25, 0.3) is 11.5 Å². The van der Waals surface area contributed by atoms with Gasteiger partial charge in [-0.3, -0.25) is 9.88 Å². The number of nitrogens with one attached hydrogen (secondary N) is 1. The molecule has 1 fully saturated rings. The van der Waals surface area contributed by atoms with E-state index >= 15 is 0 Å². The molecule has 1 aliphatic heterocycles. The lowest BCUT2D eigenvalue weighted by Gasteiger charge is -2.28. The third kappa shape index (κ3) is 4.37. The minimum absolute atomic E-state index is 0.215. The largest absolute Gasteiger partial charge is 0.419 e. The second-order valence-corrected chi connectivity index (χ2v) is 8.01. The Labute approximate surface area is 177 Å². The van der Waals surface area contributed by atoms with E-state index in [9.17, 15) is 5.26 Å². The van der Waals surface area contributed by atoms with Gasteiger partial charge in [-0.2, -0.15) is 10.2 Å². The molecule has 1 aromatic carbocycles. The van der Waals surface area contributed by atoms with Gasteiger partial charge in [0.25, 0.3) is 0 Å². The van der Waals surface area contributed by atoms with Crippen molar-refractivity contribution in [3.63, 3.8) is 0 Å². The first-order chi connectivity index (χ1) is 14.7. The molecule has 1 saturated heterocycles. The van der Waals surface area contributed by atoms with Crippen molar-refractivity contribution >= 4 is 5.88 Å². The minimum atomic E-state index is 0.215. The summed E-state index contributed by atoms with van der Waals surface area (Å²) in [6.07, 6.45) is 5.82. The van der Waals surface area contributed by atoms with Crippen LogP contribution >= 0.6 is 0 Å². The summed E-state index contributed by atoms with van der Waals surface area (Å²) >= 11 is 0. The third-order valence-electron chi connectivity index (χ3n) is 5.67. The van der Waals surface area contributed by atoms with E-state index in [0.717, 1.165) is 18.7 Å². The Kier molecular flexibility index (Phi) is 6.10. The fraction of sp³-hybridized carbons (Fsp3) is 0.375. The van der Waals surface area contributed by atoms with E-state index in [0.29, 0.717) is 24.2 Å². The number of oxazole rings is 1. The van der Waals surface area contributed by atoms with Crippen molar-refractivity contribution in [3.05, 3.63) is 65.6 Å². The van der Waals surface area contributed by atoms with E-state index in [4.69, 9.17) is 4.42 Å². The van der Waals surface area contributed by atoms with Gasteiger partial charge >= 0.3 is 0 Å². The topological polar surface area (TPSA) is 78.0 Å². The molecule has 3 heterocycles. The first-order valence-corrected chi connectivity index (χ1v) is 10.5. The molecular weight excluding hydrogens is 374 g/mol. The molecular formula is C24H27N5O. The first kappa shape index (κ1) is 20.1. The van der Waals surface area contributed by atoms with Crippen molar-refractivity contribution in [1.82, 2.24) is 14.9 Å². The molecule has 0 spiro atoms. The zero-order valence-electron chi connectivity index (χ0n) is 17.5. The molecule has 3 aromatic rings. The van der Waals surface area contributed by atoms with Gasteiger partial charge < -0.3 is 9.73 Å². The smallest absolute Gasteiger partial charge is 0.232 e. The highest BCUT2D eigenvalue weighted by molar-refractivity contribution is 5.57. The van der Waals surface area contributed by atoms with E-state index in [1.807, 2.05) is 12.1 Å². The van der Waals surface area contributed by atoms with Crippen LogP contribution in [0, 0.1) is 11.3 Å². The number of benzene rings is 1. The Bertz CT molecular complexity index is 998. The van der Waals surface area contributed by atoms with Crippen LogP contribution in [0.3, 0.4) is 0 Å². The van der Waals surface area contributed by atoms with E-state index in [1.165, 1.54) is 24.0 Å². The number of hydrogen-bond acceptors (Lipinski definition) is 6. The number of aromatic nitrogens is 2. The molecule has 1 N–H and O–H groups in total. The van der Waals surface area contributed by atoms with Crippen molar-refractivity contribution < 1.29 is 4.42 Å². The highest BCUT2D eigenvalue weighted by atomic mass is 16.4. The normalized spacial score (nSPS) is 15.3. The molecule has 0 unspecified atom stereocenters. The molecule has 2 aromatic heterocycles. The first-order valence-electron chi connectivity index (χ1n) is 10.5. The standard InChI is InChI=1S/C24H27N5O/c1-17(2)18-7-9-19(10-8-18)22(29-12-3-4-13-29)16-27-24-21(14-25)28-23(30-24)20-6-5-11-26-15-20/h5-11,15,17,22,27H,3-4,12-13,16H2,1-2H3/t22-/m1/s1. The fourth-order valence-corrected chi connectivity index (χ4v) is 3.93. The Hall–Kier alpha value is -3.17. The molecule has 0 aliphatic carbocycles. The monoisotopic (exact) mass is 401 g/mol. The highest BCUT2D eigenvalue weighted by Crippen LogP contribution is 2.29. The van der Waals surface area contributed by atoms with Gasteiger partial charge in [-0.25, -0.2) is 0 Å². The van der Waals surface area contributed by atoms with Gasteiger partial charge in [0.15, 0.2) is 0 Å². The lowest BCUT2D eigenvalue weighted by molar-refractivity contribution is 0.255. The molecule has 1 atom stereocenters. The second kappa shape index (κ2) is 9.10. The number of pyridine rings is 1. The number of anilines is 1. The molecule has 0 amide bonds. The summed E-state index contributed by atoms with van der Waals surface area (Å²) in [5, 5.41) is 12.9. The zero-order valence-corrected chi connectivity index (χ0v) is 17.5. The Balaban J connectivity index is 1.55. The Morgan fingerprint density at radius 3 is 2.50 bits per heavy atom. The van der Waals surface area contributed by atoms with Gasteiger partial charge in [-0.05, 0) is 55.1 Å². The van der Waals surface area contributed by atoms with E-state index < -0.39 is 0 Å². The average molecular weight is 402 g/mol. The average Bonchev–Trinajstić information content (AvgIpc) is 3.45. The summed E-state index contributed by atoms with van der Waals surface area (Å²) in [5.74, 6) is 1.33. The van der Waals surface area contributed by atoms with Gasteiger partial charge in [0.2, 0.25) is 17.5 Å². The molecule has 30 heavy (non-hydrogen) atoms. The summed E-state index contributed by atoms with van der Waals surface area (Å²) in [5.41, 5.74) is 3.64. The molecule has 0 saturated carbocycles. The van der Waals surface area contributed by atoms with Crippen LogP contribution in [-0.2, 0) is 0 Å². The lowest BCUT2D eigenvalue weighted by atomic mass is 9.98. The van der Waals surface area contributed by atoms with Crippen LogP contribution in [0.15, 0.2) is 53.2 Å². The predicted molar refractivity (Wildman–Crippen MR) is 117 cm³/mol. The lowest BCUT2D eigenvalue weighted by Crippen LogP contribution is -2.31. The van der Waals surface area contributed by atoms with Crippen LogP contribution in [0.2, 0.25) is 0 Å². The molecule has 4 rings (SSSR count). The number of nitrogens with zero attached hydrogens (tertiary/aromatic N) is 4. The van der Waals surface area contributed by atoms with Crippen molar-refractivity contribution in [2.75, 3.05) is 25.0 Å². The van der Waals surface area contributed by atoms with Crippen LogP contribution in [0.4, 0.5) is 5.88 Å². The molecule has 0 bridgehead atoms. The van der Waals surface area contributed by atoms with Crippen LogP contribution < -0.4 is 5.32 Å². The highest BCUT2D eigenvalue weighted by Gasteiger charge is 2.25. The van der Waals surface area contributed by atoms with Crippen molar-refractivity contribution in [1.29, 1.82) is 5.26 Å². The quantitative estimate of drug-likeness (QED) is 0.601. The summed E-state index contributed by atoms with van der Waals surface area (Å²) < 4.78 is 5.89. The molecule has 154 valence electrons. The predicted octanol–water partition coefficient (Wildman–Crippen LogP) is 4.98. The summed E-state index contributed by atoms with van der Waals surface area (Å²) in [7, 11) is 0. The summed E-state index contributed by atoms with van der Waals surface area (Å²) in [6.45, 7) is 7.24. The van der Waals surface area contributed by atoms with Crippen molar-refractivity contribution in [3.8, 4) is 17.5 Å².